The molecule has 5 nitrogen and oxygen atoms in total. The van der Waals surface area contributed by atoms with Gasteiger partial charge in [0.25, 0.3) is 0 Å². The second-order valence-corrected chi connectivity index (χ2v) is 7.28. The molecule has 0 aliphatic carbocycles. The van der Waals surface area contributed by atoms with E-state index in [-0.39, 0.29) is 21.7 Å². The molecule has 3 rings (SSSR count). The molecule has 27 heavy (non-hydrogen) atoms. The predicted molar refractivity (Wildman–Crippen MR) is 106 cm³/mol. The van der Waals surface area contributed by atoms with Gasteiger partial charge >= 0.3 is 5.97 Å². The van der Waals surface area contributed by atoms with Gasteiger partial charge in [-0.15, -0.1) is 0 Å². The van der Waals surface area contributed by atoms with Crippen LogP contribution in [0, 0.1) is 22.7 Å². The maximum atomic E-state index is 11.9. The highest BCUT2D eigenvalue weighted by molar-refractivity contribution is 9.10. The molecular weight excluding hydrogens is 453 g/mol. The Kier molecular flexibility index (Phi) is 5.43. The van der Waals surface area contributed by atoms with Gasteiger partial charge in [0.05, 0.1) is 28.8 Å². The van der Waals surface area contributed by atoms with Crippen LogP contribution in [0.5, 0.6) is 0 Å². The van der Waals surface area contributed by atoms with Gasteiger partial charge in [0.15, 0.2) is 0 Å². The standard InChI is InChI=1S/C19H10BrCl2N3O2/c1-27-19(26)10-2-3-16(21)12(18(10)22)5-9-4-11-13(7-23)14(8-24)15(20)6-17(11)25-9/h2-4,6,25H,5H2,1H3. The van der Waals surface area contributed by atoms with E-state index in [1.54, 1.807) is 18.2 Å². The van der Waals surface area contributed by atoms with Crippen molar-refractivity contribution >= 4 is 56.0 Å². The molecule has 1 N–H and O–H groups in total. The smallest absolute Gasteiger partial charge is 0.339 e. The second kappa shape index (κ2) is 7.62. The van der Waals surface area contributed by atoms with Crippen LogP contribution >= 0.6 is 39.1 Å². The molecule has 0 saturated carbocycles. The van der Waals surface area contributed by atoms with E-state index in [9.17, 15) is 15.3 Å². The molecule has 0 amide bonds. The lowest BCUT2D eigenvalue weighted by molar-refractivity contribution is 0.0601. The molecule has 0 bridgehead atoms. The lowest BCUT2D eigenvalue weighted by Crippen LogP contribution is -2.04. The molecule has 2 aromatic carbocycles. The van der Waals surface area contributed by atoms with E-state index < -0.39 is 5.97 Å². The summed E-state index contributed by atoms with van der Waals surface area (Å²) in [6, 6.07) is 10.7. The number of carbonyl (C=O) groups is 1. The highest BCUT2D eigenvalue weighted by atomic mass is 79.9. The lowest BCUT2D eigenvalue weighted by atomic mass is 10.0. The van der Waals surface area contributed by atoms with E-state index >= 15 is 0 Å². The summed E-state index contributed by atoms with van der Waals surface area (Å²) in [4.78, 5) is 15.1. The van der Waals surface area contributed by atoms with Gasteiger partial charge in [-0.25, -0.2) is 4.79 Å². The third-order valence-electron chi connectivity index (χ3n) is 4.12. The maximum absolute atomic E-state index is 11.9. The number of aromatic nitrogens is 1. The molecule has 0 aliphatic rings. The number of esters is 1. The molecule has 0 saturated heterocycles. The Morgan fingerprint density at radius 2 is 1.93 bits per heavy atom. The van der Waals surface area contributed by atoms with E-state index in [1.165, 1.54) is 13.2 Å². The molecule has 8 heteroatoms. The average molecular weight is 463 g/mol. The third kappa shape index (κ3) is 3.40. The van der Waals surface area contributed by atoms with Crippen molar-refractivity contribution in [1.82, 2.24) is 4.98 Å². The fourth-order valence-electron chi connectivity index (χ4n) is 2.84. The lowest BCUT2D eigenvalue weighted by Gasteiger charge is -2.09. The normalized spacial score (nSPS) is 10.4. The Morgan fingerprint density at radius 3 is 2.56 bits per heavy atom. The van der Waals surface area contributed by atoms with E-state index in [0.29, 0.717) is 32.4 Å². The van der Waals surface area contributed by atoms with Crippen LogP contribution in [0.3, 0.4) is 0 Å². The zero-order valence-corrected chi connectivity index (χ0v) is 17.0. The number of carbonyl (C=O) groups excluding carboxylic acids is 1. The Hall–Kier alpha value is -2.51. The maximum Gasteiger partial charge on any atom is 0.339 e. The van der Waals surface area contributed by atoms with E-state index in [1.807, 2.05) is 6.07 Å². The number of hydrogen-bond donors (Lipinski definition) is 1. The van der Waals surface area contributed by atoms with E-state index in [0.717, 1.165) is 5.69 Å². The van der Waals surface area contributed by atoms with Crippen LogP contribution in [-0.4, -0.2) is 18.1 Å². The number of nitrogens with zero attached hydrogens (tertiary/aromatic N) is 2. The van der Waals surface area contributed by atoms with Crippen LogP contribution in [0.4, 0.5) is 0 Å². The predicted octanol–water partition coefficient (Wildman–Crippen LogP) is 5.36. The molecule has 1 aromatic heterocycles. The molecular formula is C19H10BrCl2N3O2. The van der Waals surface area contributed by atoms with Gasteiger partial charge in [0.1, 0.15) is 12.1 Å². The van der Waals surface area contributed by atoms with Crippen LogP contribution in [-0.2, 0) is 11.2 Å². The fraction of sp³-hybridized carbons (Fsp3) is 0.105. The number of ether oxygens (including phenoxy) is 1. The first kappa shape index (κ1) is 19.3. The monoisotopic (exact) mass is 461 g/mol. The highest BCUT2D eigenvalue weighted by Crippen LogP contribution is 2.33. The molecule has 3 aromatic rings. The topological polar surface area (TPSA) is 89.7 Å². The Labute approximate surface area is 173 Å². The van der Waals surface area contributed by atoms with Gasteiger partial charge < -0.3 is 9.72 Å². The summed E-state index contributed by atoms with van der Waals surface area (Å²) >= 11 is 16.0. The number of hydrogen-bond acceptors (Lipinski definition) is 4. The summed E-state index contributed by atoms with van der Waals surface area (Å²) in [5.41, 5.74) is 2.77. The van der Waals surface area contributed by atoms with E-state index in [2.05, 4.69) is 27.0 Å². The molecule has 0 aliphatic heterocycles. The number of rotatable bonds is 3. The number of benzene rings is 2. The number of nitriles is 2. The number of nitrogens with one attached hydrogen (secondary N) is 1. The Morgan fingerprint density at radius 1 is 1.22 bits per heavy atom. The minimum absolute atomic E-state index is 0.215. The van der Waals surface area contributed by atoms with Crippen molar-refractivity contribution in [2.75, 3.05) is 7.11 Å². The van der Waals surface area contributed by atoms with Crippen molar-refractivity contribution < 1.29 is 9.53 Å². The van der Waals surface area contributed by atoms with Crippen LogP contribution in [0.15, 0.2) is 28.7 Å². The summed E-state index contributed by atoms with van der Waals surface area (Å²) in [5, 5.41) is 20.0. The quantitative estimate of drug-likeness (QED) is 0.530. The van der Waals surface area contributed by atoms with Crippen LogP contribution in [0.25, 0.3) is 10.9 Å². The van der Waals surface area contributed by atoms with Crippen molar-refractivity contribution in [3.8, 4) is 12.1 Å². The Bertz CT molecular complexity index is 1170. The third-order valence-corrected chi connectivity index (χ3v) is 5.53. The van der Waals surface area contributed by atoms with Crippen LogP contribution in [0.2, 0.25) is 10.0 Å². The first-order valence-corrected chi connectivity index (χ1v) is 9.15. The number of fused-ring (bicyclic) bond motifs is 1. The van der Waals surface area contributed by atoms with Gasteiger partial charge in [-0.3, -0.25) is 0 Å². The van der Waals surface area contributed by atoms with Gasteiger partial charge in [0.2, 0.25) is 0 Å². The summed E-state index contributed by atoms with van der Waals surface area (Å²) in [5.74, 6) is -0.552. The molecule has 0 atom stereocenters. The first-order chi connectivity index (χ1) is 12.9. The highest BCUT2D eigenvalue weighted by Gasteiger charge is 2.19. The van der Waals surface area contributed by atoms with Gasteiger partial charge in [-0.2, -0.15) is 10.5 Å². The summed E-state index contributed by atoms with van der Waals surface area (Å²) < 4.78 is 5.27. The van der Waals surface area contributed by atoms with Gasteiger partial charge in [0, 0.05) is 32.5 Å². The molecule has 0 fully saturated rings. The molecule has 0 unspecified atom stereocenters. The van der Waals surface area contributed by atoms with Crippen LogP contribution < -0.4 is 0 Å². The summed E-state index contributed by atoms with van der Waals surface area (Å²) in [6.07, 6.45) is 0.307. The zero-order chi connectivity index (χ0) is 19.7. The average Bonchev–Trinajstić information content (AvgIpc) is 3.05. The number of halogens is 3. The molecule has 0 spiro atoms. The van der Waals surface area contributed by atoms with Crippen molar-refractivity contribution in [3.63, 3.8) is 0 Å². The summed E-state index contributed by atoms with van der Waals surface area (Å²) in [7, 11) is 1.28. The zero-order valence-electron chi connectivity index (χ0n) is 13.9. The number of aromatic amines is 1. The number of H-pyrrole nitrogens is 1. The molecule has 1 heterocycles. The SMILES string of the molecule is COC(=O)c1ccc(Cl)c(Cc2cc3c(C#N)c(C#N)c(Br)cc3[nH]2)c1Cl. The van der Waals surface area contributed by atoms with Gasteiger partial charge in [-0.05, 0) is 45.8 Å². The van der Waals surface area contributed by atoms with Crippen molar-refractivity contribution in [2.45, 2.75) is 6.42 Å². The molecule has 0 radical (unpaired) electrons. The first-order valence-electron chi connectivity index (χ1n) is 7.60. The van der Waals surface area contributed by atoms with Crippen molar-refractivity contribution in [1.29, 1.82) is 10.5 Å². The summed E-state index contributed by atoms with van der Waals surface area (Å²) in [6.45, 7) is 0. The molecule has 134 valence electrons. The van der Waals surface area contributed by atoms with Crippen molar-refractivity contribution in [3.05, 3.63) is 66.7 Å². The largest absolute Gasteiger partial charge is 0.465 e. The van der Waals surface area contributed by atoms with Crippen molar-refractivity contribution in [2.24, 2.45) is 0 Å². The minimum Gasteiger partial charge on any atom is -0.465 e. The van der Waals surface area contributed by atoms with Crippen LogP contribution in [0.1, 0.15) is 32.7 Å². The number of methoxy groups -OCH3 is 1. The fourth-order valence-corrected chi connectivity index (χ4v) is 3.94. The second-order valence-electron chi connectivity index (χ2n) is 5.64. The minimum atomic E-state index is -0.552. The Balaban J connectivity index is 2.13. The van der Waals surface area contributed by atoms with E-state index in [4.69, 9.17) is 27.9 Å². The van der Waals surface area contributed by atoms with Gasteiger partial charge in [-0.1, -0.05) is 23.2 Å².